The van der Waals surface area contributed by atoms with Crippen molar-refractivity contribution in [3.05, 3.63) is 12.1 Å². The number of rotatable bonds is 3. The summed E-state index contributed by atoms with van der Waals surface area (Å²) in [4.78, 5) is 9.50. The van der Waals surface area contributed by atoms with Crippen molar-refractivity contribution < 1.29 is 14.2 Å². The molecule has 6 heteroatoms. The van der Waals surface area contributed by atoms with E-state index in [0.717, 1.165) is 51.0 Å². The first kappa shape index (κ1) is 18.3. The molecule has 6 nitrogen and oxygen atoms in total. The summed E-state index contributed by atoms with van der Waals surface area (Å²) in [5, 5.41) is 0. The zero-order valence-corrected chi connectivity index (χ0v) is 16.1. The van der Waals surface area contributed by atoms with Crippen molar-refractivity contribution in [2.45, 2.75) is 52.3 Å². The molecule has 2 aliphatic rings. The second-order valence-electron chi connectivity index (χ2n) is 7.97. The highest BCUT2D eigenvalue weighted by atomic mass is 16.5. The molecule has 140 valence electrons. The van der Waals surface area contributed by atoms with Gasteiger partial charge in [-0.3, -0.25) is 0 Å². The van der Waals surface area contributed by atoms with Gasteiger partial charge in [0.15, 0.2) is 0 Å². The van der Waals surface area contributed by atoms with Gasteiger partial charge >= 0.3 is 0 Å². The maximum Gasteiger partial charge on any atom is 0.217 e. The molecule has 0 spiro atoms. The summed E-state index contributed by atoms with van der Waals surface area (Å²) >= 11 is 0. The summed E-state index contributed by atoms with van der Waals surface area (Å²) in [6.07, 6.45) is 0. The van der Waals surface area contributed by atoms with Crippen molar-refractivity contribution in [2.75, 3.05) is 49.3 Å². The van der Waals surface area contributed by atoms with Gasteiger partial charge in [-0.05, 0) is 34.6 Å². The summed E-state index contributed by atoms with van der Waals surface area (Å²) in [7, 11) is 0. The van der Waals surface area contributed by atoms with E-state index in [1.165, 1.54) is 0 Å². The monoisotopic (exact) mass is 349 g/mol. The molecule has 3 heterocycles. The van der Waals surface area contributed by atoms with Gasteiger partial charge in [0.2, 0.25) is 5.88 Å². The van der Waals surface area contributed by atoms with Gasteiger partial charge in [0.1, 0.15) is 11.4 Å². The number of morpholine rings is 2. The van der Waals surface area contributed by atoms with E-state index < -0.39 is 0 Å². The Hall–Kier alpha value is -1.53. The Morgan fingerprint density at radius 3 is 2.16 bits per heavy atom. The zero-order chi connectivity index (χ0) is 18.0. The fourth-order valence-corrected chi connectivity index (χ4v) is 3.34. The second-order valence-corrected chi connectivity index (χ2v) is 7.97. The van der Waals surface area contributed by atoms with E-state index in [0.29, 0.717) is 18.0 Å². The molecule has 2 atom stereocenters. The van der Waals surface area contributed by atoms with Crippen molar-refractivity contribution in [2.24, 2.45) is 0 Å². The SMILES string of the molecule is CC1COCCN1c1cc(N2CCOC[C@H]2C)cc(OC(C)(C)C)n1. The van der Waals surface area contributed by atoms with Crippen LogP contribution in [0.1, 0.15) is 34.6 Å². The molecule has 25 heavy (non-hydrogen) atoms. The molecule has 0 aliphatic carbocycles. The molecule has 0 saturated carbocycles. The standard InChI is InChI=1S/C19H31N3O3/c1-14-12-23-8-6-21(14)16-10-17(22-7-9-24-13-15(22)2)20-18(11-16)25-19(3,4)5/h10-11,14-15H,6-9,12-13H2,1-5H3/t14-,15?/m1/s1. The van der Waals surface area contributed by atoms with Gasteiger partial charge in [0.05, 0.1) is 32.5 Å². The van der Waals surface area contributed by atoms with Crippen molar-refractivity contribution in [1.29, 1.82) is 0 Å². The lowest BCUT2D eigenvalue weighted by Crippen LogP contribution is -2.45. The highest BCUT2D eigenvalue weighted by Crippen LogP contribution is 2.31. The number of ether oxygens (including phenoxy) is 3. The molecular formula is C19H31N3O3. The molecule has 0 aromatic carbocycles. The van der Waals surface area contributed by atoms with Crippen molar-refractivity contribution >= 4 is 11.5 Å². The van der Waals surface area contributed by atoms with E-state index in [1.807, 2.05) is 0 Å². The van der Waals surface area contributed by atoms with Crippen LogP contribution in [0.2, 0.25) is 0 Å². The van der Waals surface area contributed by atoms with Crippen LogP contribution in [0.5, 0.6) is 5.88 Å². The highest BCUT2D eigenvalue weighted by Gasteiger charge is 2.25. The lowest BCUT2D eigenvalue weighted by Gasteiger charge is -2.38. The minimum atomic E-state index is -0.282. The number of nitrogens with zero attached hydrogens (tertiary/aromatic N) is 3. The Balaban J connectivity index is 1.95. The fourth-order valence-electron chi connectivity index (χ4n) is 3.34. The third-order valence-electron chi connectivity index (χ3n) is 4.55. The first-order chi connectivity index (χ1) is 11.8. The topological polar surface area (TPSA) is 47.1 Å². The largest absolute Gasteiger partial charge is 0.472 e. The molecule has 2 fully saturated rings. The number of hydrogen-bond acceptors (Lipinski definition) is 6. The zero-order valence-electron chi connectivity index (χ0n) is 16.1. The van der Waals surface area contributed by atoms with Crippen LogP contribution in [0.3, 0.4) is 0 Å². The molecule has 0 N–H and O–H groups in total. The quantitative estimate of drug-likeness (QED) is 0.836. The summed E-state index contributed by atoms with van der Waals surface area (Å²) in [5.74, 6) is 1.64. The molecule has 0 bridgehead atoms. The summed E-state index contributed by atoms with van der Waals surface area (Å²) in [6.45, 7) is 15.2. The molecule has 0 radical (unpaired) electrons. The molecule has 1 aromatic rings. The maximum absolute atomic E-state index is 6.11. The summed E-state index contributed by atoms with van der Waals surface area (Å²) in [6, 6.07) is 4.88. The van der Waals surface area contributed by atoms with E-state index in [2.05, 4.69) is 56.6 Å². The molecule has 2 aliphatic heterocycles. The fraction of sp³-hybridized carbons (Fsp3) is 0.737. The van der Waals surface area contributed by atoms with Crippen LogP contribution in [0.4, 0.5) is 11.5 Å². The van der Waals surface area contributed by atoms with E-state index in [1.54, 1.807) is 0 Å². The van der Waals surface area contributed by atoms with Crippen molar-refractivity contribution in [3.63, 3.8) is 0 Å². The minimum Gasteiger partial charge on any atom is -0.472 e. The Morgan fingerprint density at radius 1 is 1.00 bits per heavy atom. The van der Waals surface area contributed by atoms with E-state index >= 15 is 0 Å². The molecule has 3 rings (SSSR count). The van der Waals surface area contributed by atoms with Crippen LogP contribution in [-0.4, -0.2) is 62.2 Å². The lowest BCUT2D eigenvalue weighted by atomic mass is 10.2. The van der Waals surface area contributed by atoms with Gasteiger partial charge in [-0.25, -0.2) is 0 Å². The molecule has 1 aromatic heterocycles. The third kappa shape index (κ3) is 4.55. The predicted octanol–water partition coefficient (Wildman–Crippen LogP) is 2.71. The Kier molecular flexibility index (Phi) is 5.39. The lowest BCUT2D eigenvalue weighted by molar-refractivity contribution is 0.0971. The van der Waals surface area contributed by atoms with Crippen LogP contribution < -0.4 is 14.5 Å². The van der Waals surface area contributed by atoms with Crippen LogP contribution >= 0.6 is 0 Å². The van der Waals surface area contributed by atoms with E-state index in [4.69, 9.17) is 19.2 Å². The molecule has 1 unspecified atom stereocenters. The van der Waals surface area contributed by atoms with Crippen LogP contribution in [0.25, 0.3) is 0 Å². The minimum absolute atomic E-state index is 0.282. The first-order valence-corrected chi connectivity index (χ1v) is 9.23. The van der Waals surface area contributed by atoms with E-state index in [9.17, 15) is 0 Å². The van der Waals surface area contributed by atoms with Crippen LogP contribution in [0.15, 0.2) is 12.1 Å². The van der Waals surface area contributed by atoms with Crippen LogP contribution in [0, 0.1) is 0 Å². The Bertz CT molecular complexity index is 548. The van der Waals surface area contributed by atoms with Crippen molar-refractivity contribution in [1.82, 2.24) is 4.98 Å². The maximum atomic E-state index is 6.11. The van der Waals surface area contributed by atoms with Gasteiger partial charge < -0.3 is 24.0 Å². The van der Waals surface area contributed by atoms with Gasteiger partial charge in [-0.15, -0.1) is 0 Å². The van der Waals surface area contributed by atoms with Gasteiger partial charge in [-0.2, -0.15) is 4.98 Å². The molecule has 0 amide bonds. The predicted molar refractivity (Wildman–Crippen MR) is 99.9 cm³/mol. The Labute approximate surface area is 151 Å². The first-order valence-electron chi connectivity index (χ1n) is 9.23. The van der Waals surface area contributed by atoms with Crippen LogP contribution in [-0.2, 0) is 9.47 Å². The number of pyridine rings is 1. The van der Waals surface area contributed by atoms with Gasteiger partial charge in [-0.1, -0.05) is 0 Å². The van der Waals surface area contributed by atoms with Gasteiger partial charge in [0.25, 0.3) is 0 Å². The normalized spacial score (nSPS) is 25.2. The average molecular weight is 349 g/mol. The summed E-state index contributed by atoms with van der Waals surface area (Å²) < 4.78 is 17.3. The average Bonchev–Trinajstić information content (AvgIpc) is 2.54. The third-order valence-corrected chi connectivity index (χ3v) is 4.55. The Morgan fingerprint density at radius 2 is 1.60 bits per heavy atom. The summed E-state index contributed by atoms with van der Waals surface area (Å²) in [5.41, 5.74) is 0.870. The van der Waals surface area contributed by atoms with E-state index in [-0.39, 0.29) is 5.60 Å². The number of aromatic nitrogens is 1. The molecule has 2 saturated heterocycles. The van der Waals surface area contributed by atoms with Gasteiger partial charge in [0, 0.05) is 37.0 Å². The van der Waals surface area contributed by atoms with Crippen molar-refractivity contribution in [3.8, 4) is 5.88 Å². The number of anilines is 2. The smallest absolute Gasteiger partial charge is 0.217 e. The molecular weight excluding hydrogens is 318 g/mol. The second kappa shape index (κ2) is 7.38. The highest BCUT2D eigenvalue weighted by molar-refractivity contribution is 5.59. The number of hydrogen-bond donors (Lipinski definition) is 0.